The molecule has 0 heterocycles. The van der Waals surface area contributed by atoms with Gasteiger partial charge < -0.3 is 5.32 Å². The first-order valence-electron chi connectivity index (χ1n) is 8.16. The largest absolute Gasteiger partial charge is 0.357 e. The van der Waals surface area contributed by atoms with Crippen molar-refractivity contribution < 1.29 is 13.2 Å². The Kier molecular flexibility index (Phi) is 5.07. The Hall–Kier alpha value is -2.31. The molecule has 2 aromatic carbocycles. The van der Waals surface area contributed by atoms with Gasteiger partial charge >= 0.3 is 0 Å². The molecule has 7 heteroatoms. The van der Waals surface area contributed by atoms with E-state index >= 15 is 0 Å². The van der Waals surface area contributed by atoms with Gasteiger partial charge in [-0.3, -0.25) is 9.52 Å². The molecule has 26 heavy (non-hydrogen) atoms. The van der Waals surface area contributed by atoms with Crippen LogP contribution in [0.4, 0.5) is 11.4 Å². The molecule has 0 spiro atoms. The zero-order valence-electron chi connectivity index (χ0n) is 14.5. The number of Topliss-reactive ketones (excluding diaryl/α,β-unsaturated/α-hetero) is 1. The van der Waals surface area contributed by atoms with Gasteiger partial charge in [0.25, 0.3) is 10.0 Å². The highest BCUT2D eigenvalue weighted by Crippen LogP contribution is 2.31. The van der Waals surface area contributed by atoms with E-state index in [0.717, 1.165) is 5.70 Å². The Morgan fingerprint density at radius 3 is 2.38 bits per heavy atom. The number of sulfonamides is 1. The fourth-order valence-electron chi connectivity index (χ4n) is 2.85. The predicted molar refractivity (Wildman–Crippen MR) is 104 cm³/mol. The summed E-state index contributed by atoms with van der Waals surface area (Å²) >= 11 is 6.29. The first-order valence-corrected chi connectivity index (χ1v) is 10.0. The van der Waals surface area contributed by atoms with Crippen LogP contribution in [0.15, 0.2) is 58.6 Å². The third-order valence-electron chi connectivity index (χ3n) is 4.36. The average molecular weight is 391 g/mol. The van der Waals surface area contributed by atoms with E-state index in [-0.39, 0.29) is 10.7 Å². The van der Waals surface area contributed by atoms with E-state index in [1.54, 1.807) is 56.3 Å². The number of benzene rings is 2. The van der Waals surface area contributed by atoms with Crippen LogP contribution in [0, 0.1) is 6.92 Å². The van der Waals surface area contributed by atoms with Gasteiger partial charge in [-0.15, -0.1) is 0 Å². The molecule has 0 atom stereocenters. The second kappa shape index (κ2) is 7.13. The van der Waals surface area contributed by atoms with Crippen molar-refractivity contribution in [3.63, 3.8) is 0 Å². The molecule has 5 nitrogen and oxygen atoms in total. The molecule has 0 aromatic heterocycles. The molecule has 0 radical (unpaired) electrons. The fraction of sp³-hybridized carbons (Fsp3) is 0.211. The van der Waals surface area contributed by atoms with Gasteiger partial charge in [-0.2, -0.15) is 0 Å². The molecule has 0 aliphatic heterocycles. The van der Waals surface area contributed by atoms with E-state index in [1.807, 2.05) is 0 Å². The summed E-state index contributed by atoms with van der Waals surface area (Å²) in [6.07, 6.45) is 1.16. The van der Waals surface area contributed by atoms with Crippen molar-refractivity contribution >= 4 is 38.8 Å². The van der Waals surface area contributed by atoms with Crippen LogP contribution in [-0.2, 0) is 14.8 Å². The number of aryl methyl sites for hydroxylation is 1. The van der Waals surface area contributed by atoms with Crippen LogP contribution in [0.5, 0.6) is 0 Å². The third-order valence-corrected chi connectivity index (χ3v) is 6.22. The van der Waals surface area contributed by atoms with Gasteiger partial charge in [0.15, 0.2) is 5.78 Å². The van der Waals surface area contributed by atoms with Gasteiger partial charge in [-0.05, 0) is 50.1 Å². The summed E-state index contributed by atoms with van der Waals surface area (Å²) in [5.74, 6) is 0.131. The quantitative estimate of drug-likeness (QED) is 0.788. The van der Waals surface area contributed by atoms with Crippen LogP contribution >= 0.6 is 11.6 Å². The number of ketones is 1. The lowest BCUT2D eigenvalue weighted by atomic mass is 10.2. The van der Waals surface area contributed by atoms with E-state index in [0.29, 0.717) is 40.4 Å². The number of allylic oxidation sites excluding steroid dienone is 2. The predicted octanol–water partition coefficient (Wildman–Crippen LogP) is 4.50. The molecule has 2 aromatic rings. The minimum absolute atomic E-state index is 0.131. The number of rotatable bonds is 5. The monoisotopic (exact) mass is 390 g/mol. The van der Waals surface area contributed by atoms with Gasteiger partial charge in [0, 0.05) is 17.7 Å². The lowest BCUT2D eigenvalue weighted by molar-refractivity contribution is -0.114. The van der Waals surface area contributed by atoms with Crippen molar-refractivity contribution in [3.05, 3.63) is 64.3 Å². The molecule has 0 amide bonds. The highest BCUT2D eigenvalue weighted by Gasteiger charge is 2.20. The molecule has 136 valence electrons. The number of hydrogen-bond donors (Lipinski definition) is 2. The second-order valence-corrected chi connectivity index (χ2v) is 8.28. The maximum absolute atomic E-state index is 12.6. The Labute approximate surface area is 158 Å². The van der Waals surface area contributed by atoms with Crippen LogP contribution in [0.1, 0.15) is 25.3 Å². The summed E-state index contributed by atoms with van der Waals surface area (Å²) in [5, 5.41) is 3.54. The van der Waals surface area contributed by atoms with E-state index in [1.165, 1.54) is 0 Å². The molecule has 1 aliphatic carbocycles. The average Bonchev–Trinajstić information content (AvgIpc) is 2.89. The first-order chi connectivity index (χ1) is 12.3. The Balaban J connectivity index is 1.82. The number of nitrogens with one attached hydrogen (secondary N) is 2. The Morgan fingerprint density at radius 2 is 1.77 bits per heavy atom. The first kappa shape index (κ1) is 18.5. The van der Waals surface area contributed by atoms with Crippen LogP contribution in [0.3, 0.4) is 0 Å². The van der Waals surface area contributed by atoms with Crippen molar-refractivity contribution in [2.45, 2.75) is 31.6 Å². The van der Waals surface area contributed by atoms with Gasteiger partial charge in [-0.1, -0.05) is 29.8 Å². The van der Waals surface area contributed by atoms with Crippen LogP contribution in [-0.4, -0.2) is 14.2 Å². The highest BCUT2D eigenvalue weighted by molar-refractivity contribution is 7.92. The van der Waals surface area contributed by atoms with Gasteiger partial charge in [0.05, 0.1) is 21.3 Å². The maximum atomic E-state index is 12.6. The summed E-state index contributed by atoms with van der Waals surface area (Å²) in [5.41, 5.74) is 3.24. The summed E-state index contributed by atoms with van der Waals surface area (Å²) in [4.78, 5) is 11.9. The van der Waals surface area contributed by atoms with Crippen molar-refractivity contribution in [3.8, 4) is 0 Å². The van der Waals surface area contributed by atoms with Gasteiger partial charge in [-0.25, -0.2) is 8.42 Å². The topological polar surface area (TPSA) is 75.3 Å². The number of halogens is 1. The zero-order valence-corrected chi connectivity index (χ0v) is 16.0. The standard InChI is InChI=1S/C19H19ClN2O3S/c1-12-5-3-4-6-19(12)26(24,25)22-14-7-8-17(15(20)11-14)21-16-9-10-18(23)13(16)2/h3-8,11,21-22H,9-10H2,1-2H3. The molecular formula is C19H19ClN2O3S. The van der Waals surface area contributed by atoms with Crippen LogP contribution in [0.2, 0.25) is 5.02 Å². The van der Waals surface area contributed by atoms with E-state index < -0.39 is 10.0 Å². The molecule has 3 rings (SSSR count). The van der Waals surface area contributed by atoms with E-state index in [4.69, 9.17) is 11.6 Å². The third kappa shape index (κ3) is 3.76. The maximum Gasteiger partial charge on any atom is 0.262 e. The lowest BCUT2D eigenvalue weighted by Crippen LogP contribution is -2.14. The minimum Gasteiger partial charge on any atom is -0.357 e. The fourth-order valence-corrected chi connectivity index (χ4v) is 4.37. The van der Waals surface area contributed by atoms with E-state index in [2.05, 4.69) is 10.0 Å². The molecule has 0 saturated carbocycles. The molecular weight excluding hydrogens is 372 g/mol. The van der Waals surface area contributed by atoms with Gasteiger partial charge in [0.1, 0.15) is 0 Å². The number of hydrogen-bond acceptors (Lipinski definition) is 4. The van der Waals surface area contributed by atoms with Crippen molar-refractivity contribution in [1.29, 1.82) is 0 Å². The summed E-state index contributed by atoms with van der Waals surface area (Å²) in [6, 6.07) is 11.6. The molecule has 2 N–H and O–H groups in total. The van der Waals surface area contributed by atoms with Crippen LogP contribution < -0.4 is 10.0 Å². The summed E-state index contributed by atoms with van der Waals surface area (Å²) in [6.45, 7) is 3.53. The minimum atomic E-state index is -3.70. The number of carbonyl (C=O) groups excluding carboxylic acids is 1. The molecule has 0 unspecified atom stereocenters. The normalized spacial score (nSPS) is 14.7. The molecule has 0 saturated heterocycles. The van der Waals surface area contributed by atoms with Crippen molar-refractivity contribution in [2.75, 3.05) is 10.0 Å². The summed E-state index contributed by atoms with van der Waals surface area (Å²) in [7, 11) is -3.70. The number of carbonyl (C=O) groups is 1. The lowest BCUT2D eigenvalue weighted by Gasteiger charge is -2.13. The molecule has 0 bridgehead atoms. The Morgan fingerprint density at radius 1 is 1.04 bits per heavy atom. The van der Waals surface area contributed by atoms with E-state index in [9.17, 15) is 13.2 Å². The molecule has 0 fully saturated rings. The van der Waals surface area contributed by atoms with Gasteiger partial charge in [0.2, 0.25) is 0 Å². The zero-order chi connectivity index (χ0) is 18.9. The molecule has 1 aliphatic rings. The second-order valence-electron chi connectivity index (χ2n) is 6.22. The Bertz CT molecular complexity index is 1010. The van der Waals surface area contributed by atoms with Crippen molar-refractivity contribution in [2.24, 2.45) is 0 Å². The number of anilines is 2. The van der Waals surface area contributed by atoms with Crippen molar-refractivity contribution in [1.82, 2.24) is 0 Å². The highest BCUT2D eigenvalue weighted by atomic mass is 35.5. The smallest absolute Gasteiger partial charge is 0.262 e. The summed E-state index contributed by atoms with van der Waals surface area (Å²) < 4.78 is 27.7. The van der Waals surface area contributed by atoms with Crippen LogP contribution in [0.25, 0.3) is 0 Å². The SMILES string of the molecule is CC1=C(Nc2ccc(NS(=O)(=O)c3ccccc3C)cc2Cl)CCC1=O.